The molecular weight excluding hydrogens is 348 g/mol. The number of unbranched alkanes of at least 4 members (excludes halogenated alkanes) is 1. The number of benzene rings is 1. The van der Waals surface area contributed by atoms with Gasteiger partial charge in [0.15, 0.2) is 6.10 Å². The number of ether oxygens (including phenoxy) is 1. The van der Waals surface area contributed by atoms with Crippen LogP contribution in [-0.2, 0) is 9.53 Å². The second kappa shape index (κ2) is 8.44. The minimum atomic E-state index is -0.208. The van der Waals surface area contributed by atoms with E-state index in [9.17, 15) is 4.79 Å². The van der Waals surface area contributed by atoms with E-state index in [0.717, 1.165) is 48.8 Å². The average molecular weight is 380 g/mol. The van der Waals surface area contributed by atoms with Gasteiger partial charge in [-0.2, -0.15) is 0 Å². The molecule has 0 radical (unpaired) electrons. The van der Waals surface area contributed by atoms with Gasteiger partial charge in [0.1, 0.15) is 6.04 Å². The fraction of sp³-hybridized carbons (Fsp3) is 0.500. The van der Waals surface area contributed by atoms with Crippen LogP contribution in [0.1, 0.15) is 50.7 Å². The van der Waals surface area contributed by atoms with E-state index < -0.39 is 0 Å². The summed E-state index contributed by atoms with van der Waals surface area (Å²) in [4.78, 5) is 18.7. The quantitative estimate of drug-likeness (QED) is 0.592. The van der Waals surface area contributed by atoms with Crippen molar-refractivity contribution in [3.05, 3.63) is 54.7 Å². The van der Waals surface area contributed by atoms with Crippen molar-refractivity contribution in [1.29, 1.82) is 0 Å². The third-order valence-corrected chi connectivity index (χ3v) is 6.67. The molecule has 5 atom stereocenters. The molecule has 28 heavy (non-hydrogen) atoms. The van der Waals surface area contributed by atoms with Crippen LogP contribution in [0, 0.1) is 11.8 Å². The molecule has 2 aromatic rings. The van der Waals surface area contributed by atoms with Crippen LogP contribution in [0.15, 0.2) is 49.2 Å². The molecular formula is C24H31N2O2+. The van der Waals surface area contributed by atoms with E-state index >= 15 is 0 Å². The Kier molecular flexibility index (Phi) is 5.77. The Balaban J connectivity index is 1.68. The van der Waals surface area contributed by atoms with Crippen molar-refractivity contribution >= 4 is 16.9 Å². The summed E-state index contributed by atoms with van der Waals surface area (Å²) in [5.74, 6) is 1.17. The number of nitrogens with zero attached hydrogens (tertiary/aromatic N) is 1. The van der Waals surface area contributed by atoms with E-state index in [-0.39, 0.29) is 12.1 Å². The highest BCUT2D eigenvalue weighted by Gasteiger charge is 2.47. The first kappa shape index (κ1) is 19.1. The summed E-state index contributed by atoms with van der Waals surface area (Å²) in [7, 11) is 0. The molecule has 3 aliphatic rings. The van der Waals surface area contributed by atoms with Gasteiger partial charge in [0.05, 0.1) is 18.6 Å². The van der Waals surface area contributed by atoms with Crippen molar-refractivity contribution in [2.24, 2.45) is 11.8 Å². The first-order valence-corrected chi connectivity index (χ1v) is 10.7. The number of fused-ring (bicyclic) bond motifs is 4. The number of hydrogen-bond acceptors (Lipinski definition) is 3. The van der Waals surface area contributed by atoms with Crippen LogP contribution < -0.4 is 4.90 Å². The molecule has 0 spiro atoms. The number of piperidine rings is 3. The predicted molar refractivity (Wildman–Crippen MR) is 111 cm³/mol. The predicted octanol–water partition coefficient (Wildman–Crippen LogP) is 3.49. The molecule has 4 heterocycles. The average Bonchev–Trinajstić information content (AvgIpc) is 2.76. The van der Waals surface area contributed by atoms with Crippen LogP contribution in [0.25, 0.3) is 10.9 Å². The van der Waals surface area contributed by atoms with E-state index in [2.05, 4.69) is 30.6 Å². The van der Waals surface area contributed by atoms with Crippen LogP contribution >= 0.6 is 0 Å². The molecule has 0 saturated carbocycles. The van der Waals surface area contributed by atoms with Crippen molar-refractivity contribution < 1.29 is 14.4 Å². The highest BCUT2D eigenvalue weighted by atomic mass is 16.5. The number of pyridine rings is 1. The Labute approximate surface area is 167 Å². The molecule has 3 aliphatic heterocycles. The Morgan fingerprint density at radius 2 is 2.25 bits per heavy atom. The van der Waals surface area contributed by atoms with Crippen molar-refractivity contribution in [2.75, 3.05) is 13.1 Å². The molecule has 3 saturated heterocycles. The second-order valence-electron chi connectivity index (χ2n) is 8.33. The highest BCUT2D eigenvalue weighted by Crippen LogP contribution is 2.36. The summed E-state index contributed by atoms with van der Waals surface area (Å²) in [6.07, 6.45) is 8.49. The number of hydrogen-bond donors (Lipinski definition) is 1. The summed E-state index contributed by atoms with van der Waals surface area (Å²) >= 11 is 0. The van der Waals surface area contributed by atoms with Gasteiger partial charge in [-0.15, -0.1) is 6.58 Å². The lowest BCUT2D eigenvalue weighted by molar-refractivity contribution is -0.949. The van der Waals surface area contributed by atoms with Crippen molar-refractivity contribution in [1.82, 2.24) is 4.98 Å². The van der Waals surface area contributed by atoms with Crippen molar-refractivity contribution in [2.45, 2.75) is 51.2 Å². The Morgan fingerprint density at radius 1 is 1.39 bits per heavy atom. The molecule has 1 aromatic carbocycles. The number of nitrogens with one attached hydrogen (secondary N) is 1. The minimum absolute atomic E-state index is 0.0740. The van der Waals surface area contributed by atoms with E-state index in [4.69, 9.17) is 4.74 Å². The van der Waals surface area contributed by atoms with Gasteiger partial charge in [0.2, 0.25) is 0 Å². The number of para-hydroxylation sites is 1. The standard InChI is InChI=1S/C24H30N2O2/c1-3-5-10-23(27)28-24(20-11-13-25-21-9-7-6-8-19(20)21)22-15-18-12-14-26(22)16-17(18)4-2/h4,6-9,11,13,17-18,22,24H,2-3,5,10,12,14-16H2,1H3/p+1/t17-,18+,22-,24+/m0/s1. The van der Waals surface area contributed by atoms with Gasteiger partial charge < -0.3 is 9.64 Å². The number of rotatable bonds is 7. The lowest BCUT2D eigenvalue weighted by atomic mass is 9.73. The van der Waals surface area contributed by atoms with Crippen molar-refractivity contribution in [3.63, 3.8) is 0 Å². The third kappa shape index (κ3) is 3.70. The maximum Gasteiger partial charge on any atom is 0.306 e. The molecule has 1 aromatic heterocycles. The maximum atomic E-state index is 12.6. The molecule has 0 aliphatic carbocycles. The lowest BCUT2D eigenvalue weighted by Gasteiger charge is -2.48. The number of carbonyl (C=O) groups is 1. The molecule has 5 rings (SSSR count). The van der Waals surface area contributed by atoms with Gasteiger partial charge in [0, 0.05) is 42.3 Å². The summed E-state index contributed by atoms with van der Waals surface area (Å²) in [5.41, 5.74) is 2.07. The second-order valence-corrected chi connectivity index (χ2v) is 8.33. The molecule has 148 valence electrons. The number of aromatic nitrogens is 1. The fourth-order valence-electron chi connectivity index (χ4n) is 5.14. The molecule has 1 unspecified atom stereocenters. The van der Waals surface area contributed by atoms with Gasteiger partial charge in [-0.1, -0.05) is 37.6 Å². The SMILES string of the molecule is C=C[C@H]1C[NH+]2CC[C@@H]1C[C@H]2[C@H](OC(=O)CCCC)c1ccnc2ccccc12. The zero-order valence-corrected chi connectivity index (χ0v) is 16.8. The number of carbonyl (C=O) groups excluding carboxylic acids is 1. The van der Waals surface area contributed by atoms with Gasteiger partial charge >= 0.3 is 5.97 Å². The van der Waals surface area contributed by atoms with E-state index in [1.54, 1.807) is 4.90 Å². The van der Waals surface area contributed by atoms with E-state index in [0.29, 0.717) is 24.3 Å². The zero-order chi connectivity index (χ0) is 19.5. The summed E-state index contributed by atoms with van der Waals surface area (Å²) in [5, 5.41) is 1.10. The van der Waals surface area contributed by atoms with Crippen LogP contribution in [0.3, 0.4) is 0 Å². The first-order valence-electron chi connectivity index (χ1n) is 10.7. The molecule has 1 N–H and O–H groups in total. The minimum Gasteiger partial charge on any atom is -0.451 e. The summed E-state index contributed by atoms with van der Waals surface area (Å²) < 4.78 is 6.19. The van der Waals surface area contributed by atoms with Crippen molar-refractivity contribution in [3.8, 4) is 0 Å². The van der Waals surface area contributed by atoms with Gasteiger partial charge in [-0.25, -0.2) is 0 Å². The van der Waals surface area contributed by atoms with Crippen LogP contribution in [0.5, 0.6) is 0 Å². The van der Waals surface area contributed by atoms with Gasteiger partial charge in [-0.3, -0.25) is 9.78 Å². The third-order valence-electron chi connectivity index (χ3n) is 6.67. The van der Waals surface area contributed by atoms with Gasteiger partial charge in [0.25, 0.3) is 0 Å². The maximum absolute atomic E-state index is 12.6. The zero-order valence-electron chi connectivity index (χ0n) is 16.8. The Bertz CT molecular complexity index is 844. The van der Waals surface area contributed by atoms with Crippen LogP contribution in [0.2, 0.25) is 0 Å². The highest BCUT2D eigenvalue weighted by molar-refractivity contribution is 5.82. The van der Waals surface area contributed by atoms with Gasteiger partial charge in [-0.05, 0) is 24.5 Å². The van der Waals surface area contributed by atoms with E-state index in [1.807, 2.05) is 30.5 Å². The molecule has 0 amide bonds. The van der Waals surface area contributed by atoms with Crippen LogP contribution in [-0.4, -0.2) is 30.1 Å². The number of quaternary nitrogens is 1. The molecule has 4 nitrogen and oxygen atoms in total. The molecule has 2 bridgehead atoms. The van der Waals surface area contributed by atoms with E-state index in [1.165, 1.54) is 6.42 Å². The number of esters is 1. The summed E-state index contributed by atoms with van der Waals surface area (Å²) in [6.45, 7) is 8.41. The molecule has 4 heteroatoms. The fourth-order valence-corrected chi connectivity index (χ4v) is 5.14. The monoisotopic (exact) mass is 379 g/mol. The first-order chi connectivity index (χ1) is 13.7. The Hall–Kier alpha value is -2.20. The van der Waals surface area contributed by atoms with Crippen LogP contribution in [0.4, 0.5) is 0 Å². The lowest BCUT2D eigenvalue weighted by Crippen LogP contribution is -3.20. The smallest absolute Gasteiger partial charge is 0.306 e. The Morgan fingerprint density at radius 3 is 3.00 bits per heavy atom. The summed E-state index contributed by atoms with van der Waals surface area (Å²) in [6, 6.07) is 10.5. The molecule has 3 fully saturated rings. The normalized spacial score (nSPS) is 27.5. The topological polar surface area (TPSA) is 43.6 Å². The largest absolute Gasteiger partial charge is 0.451 e.